The van der Waals surface area contributed by atoms with E-state index in [2.05, 4.69) is 21.0 Å². The Kier molecular flexibility index (Phi) is 2.37. The molecule has 0 saturated heterocycles. The van der Waals surface area contributed by atoms with Gasteiger partial charge in [-0.1, -0.05) is 15.9 Å². The van der Waals surface area contributed by atoms with Crippen LogP contribution >= 0.6 is 15.9 Å². The first-order valence-electron chi connectivity index (χ1n) is 2.62. The summed E-state index contributed by atoms with van der Waals surface area (Å²) in [5.74, 6) is 0. The molecule has 5 heteroatoms. The van der Waals surface area contributed by atoms with Crippen LogP contribution in [0.4, 0.5) is 8.78 Å². The topological polar surface area (TPSA) is 17.8 Å². The van der Waals surface area contributed by atoms with Gasteiger partial charge in [0.05, 0.1) is 5.69 Å². The largest absolute Gasteiger partial charge is 0.333 e. The lowest BCUT2D eigenvalue weighted by atomic mass is 10.5. The normalized spacial score (nSPS) is 10.8. The van der Waals surface area contributed by atoms with E-state index in [0.29, 0.717) is 15.7 Å². The first kappa shape index (κ1) is 7.65. The van der Waals surface area contributed by atoms with E-state index in [0.717, 1.165) is 0 Å². The van der Waals surface area contributed by atoms with Crippen molar-refractivity contribution in [1.29, 1.82) is 0 Å². The minimum Gasteiger partial charge on any atom is -0.211 e. The van der Waals surface area contributed by atoms with E-state index in [1.807, 2.05) is 0 Å². The van der Waals surface area contributed by atoms with Crippen molar-refractivity contribution in [2.45, 2.75) is 11.9 Å². The number of hydrogen-bond acceptors (Lipinski definition) is 1. The molecule has 2 nitrogen and oxygen atoms in total. The second kappa shape index (κ2) is 3.09. The van der Waals surface area contributed by atoms with Crippen LogP contribution in [-0.4, -0.2) is 9.78 Å². The average molecular weight is 211 g/mol. The van der Waals surface area contributed by atoms with Crippen LogP contribution in [0.5, 0.6) is 0 Å². The van der Waals surface area contributed by atoms with E-state index in [1.165, 1.54) is 6.20 Å². The Bertz CT molecular complexity index is 211. The highest BCUT2D eigenvalue weighted by Crippen LogP contribution is 2.09. The van der Waals surface area contributed by atoms with E-state index in [4.69, 9.17) is 0 Å². The standard InChI is InChI=1S/C5H5BrF2N2/c6-3-4-1-2-10(9-4)5(7)8/h1-2,5H,3H2. The zero-order chi connectivity index (χ0) is 7.56. The molecule has 1 aromatic heterocycles. The van der Waals surface area contributed by atoms with Gasteiger partial charge in [-0.25, -0.2) is 4.68 Å². The number of nitrogens with zero attached hydrogens (tertiary/aromatic N) is 2. The van der Waals surface area contributed by atoms with Gasteiger partial charge in [-0.05, 0) is 6.07 Å². The molecule has 0 unspecified atom stereocenters. The Balaban J connectivity index is 2.78. The Morgan fingerprint density at radius 3 is 2.70 bits per heavy atom. The van der Waals surface area contributed by atoms with Crippen LogP contribution in [0.2, 0.25) is 0 Å². The average Bonchev–Trinajstić information content (AvgIpc) is 2.34. The first-order chi connectivity index (χ1) is 4.74. The molecule has 1 rings (SSSR count). The summed E-state index contributed by atoms with van der Waals surface area (Å²) in [6, 6.07) is 1.54. The summed E-state index contributed by atoms with van der Waals surface area (Å²) >= 11 is 3.10. The molecule has 0 aliphatic rings. The molecule has 0 aliphatic heterocycles. The third kappa shape index (κ3) is 1.53. The van der Waals surface area contributed by atoms with Gasteiger partial charge < -0.3 is 0 Å². The lowest BCUT2D eigenvalue weighted by molar-refractivity contribution is 0.0563. The third-order valence-corrected chi connectivity index (χ3v) is 1.57. The number of halogens is 3. The predicted octanol–water partition coefficient (Wildman–Crippen LogP) is 2.17. The number of hydrogen-bond donors (Lipinski definition) is 0. The van der Waals surface area contributed by atoms with Crippen LogP contribution in [0, 0.1) is 0 Å². The van der Waals surface area contributed by atoms with Crippen molar-refractivity contribution in [1.82, 2.24) is 9.78 Å². The molecule has 1 heterocycles. The number of alkyl halides is 3. The molecule has 0 saturated carbocycles. The van der Waals surface area contributed by atoms with E-state index >= 15 is 0 Å². The van der Waals surface area contributed by atoms with Crippen LogP contribution in [0.25, 0.3) is 0 Å². The molecule has 0 aromatic carbocycles. The van der Waals surface area contributed by atoms with Gasteiger partial charge in [-0.15, -0.1) is 0 Å². The van der Waals surface area contributed by atoms with Gasteiger partial charge in [-0.2, -0.15) is 13.9 Å². The van der Waals surface area contributed by atoms with Crippen molar-refractivity contribution in [2.75, 3.05) is 0 Å². The lowest BCUT2D eigenvalue weighted by Gasteiger charge is -1.95. The molecule has 0 N–H and O–H groups in total. The van der Waals surface area contributed by atoms with Crippen LogP contribution in [0.1, 0.15) is 12.2 Å². The van der Waals surface area contributed by atoms with Crippen LogP contribution in [0.15, 0.2) is 12.3 Å². The zero-order valence-corrected chi connectivity index (χ0v) is 6.55. The van der Waals surface area contributed by atoms with E-state index in [1.54, 1.807) is 6.07 Å². The molecule has 56 valence electrons. The quantitative estimate of drug-likeness (QED) is 0.685. The molecule has 0 aliphatic carbocycles. The second-order valence-electron chi connectivity index (χ2n) is 1.70. The van der Waals surface area contributed by atoms with E-state index < -0.39 is 6.55 Å². The van der Waals surface area contributed by atoms with Crippen molar-refractivity contribution in [3.8, 4) is 0 Å². The zero-order valence-electron chi connectivity index (χ0n) is 4.97. The molecule has 0 amide bonds. The summed E-state index contributed by atoms with van der Waals surface area (Å²) in [7, 11) is 0. The van der Waals surface area contributed by atoms with Gasteiger partial charge in [0.2, 0.25) is 0 Å². The lowest BCUT2D eigenvalue weighted by Crippen LogP contribution is -1.98. The fourth-order valence-corrected chi connectivity index (χ4v) is 0.856. The molecular weight excluding hydrogens is 206 g/mol. The van der Waals surface area contributed by atoms with Gasteiger partial charge in [0, 0.05) is 11.5 Å². The summed E-state index contributed by atoms with van der Waals surface area (Å²) in [5.41, 5.74) is 0.611. The summed E-state index contributed by atoms with van der Waals surface area (Å²) in [6.07, 6.45) is 1.25. The monoisotopic (exact) mass is 210 g/mol. The van der Waals surface area contributed by atoms with Gasteiger partial charge >= 0.3 is 6.55 Å². The highest BCUT2D eigenvalue weighted by atomic mass is 79.9. The second-order valence-corrected chi connectivity index (χ2v) is 2.26. The summed E-state index contributed by atoms with van der Waals surface area (Å²) < 4.78 is 24.2. The first-order valence-corrected chi connectivity index (χ1v) is 3.74. The molecule has 10 heavy (non-hydrogen) atoms. The smallest absolute Gasteiger partial charge is 0.211 e. The minimum atomic E-state index is -2.53. The maximum Gasteiger partial charge on any atom is 0.333 e. The maximum absolute atomic E-state index is 11.8. The van der Waals surface area contributed by atoms with Gasteiger partial charge in [-0.3, -0.25) is 0 Å². The Morgan fingerprint density at radius 2 is 2.40 bits per heavy atom. The molecule has 0 atom stereocenters. The fraction of sp³-hybridized carbons (Fsp3) is 0.400. The molecule has 0 spiro atoms. The molecule has 0 fully saturated rings. The molecular formula is C5H5BrF2N2. The molecule has 0 bridgehead atoms. The van der Waals surface area contributed by atoms with E-state index in [9.17, 15) is 8.78 Å². The highest BCUT2D eigenvalue weighted by Gasteiger charge is 2.05. The van der Waals surface area contributed by atoms with Crippen molar-refractivity contribution in [3.63, 3.8) is 0 Å². The Labute approximate surface area is 65.0 Å². The van der Waals surface area contributed by atoms with Gasteiger partial charge in [0.15, 0.2) is 0 Å². The van der Waals surface area contributed by atoms with Crippen LogP contribution in [0.3, 0.4) is 0 Å². The van der Waals surface area contributed by atoms with Crippen LogP contribution in [-0.2, 0) is 5.33 Å². The fourth-order valence-electron chi connectivity index (χ4n) is 0.557. The molecule has 0 radical (unpaired) electrons. The van der Waals surface area contributed by atoms with Gasteiger partial charge in [0.1, 0.15) is 0 Å². The number of rotatable bonds is 2. The summed E-state index contributed by atoms with van der Waals surface area (Å²) in [6.45, 7) is -2.53. The van der Waals surface area contributed by atoms with Crippen molar-refractivity contribution < 1.29 is 8.78 Å². The van der Waals surface area contributed by atoms with E-state index in [-0.39, 0.29) is 0 Å². The summed E-state index contributed by atoms with van der Waals surface area (Å²) in [4.78, 5) is 0. The van der Waals surface area contributed by atoms with Crippen LogP contribution < -0.4 is 0 Å². The highest BCUT2D eigenvalue weighted by molar-refractivity contribution is 9.08. The van der Waals surface area contributed by atoms with Crippen molar-refractivity contribution in [2.24, 2.45) is 0 Å². The number of aromatic nitrogens is 2. The Hall–Kier alpha value is -0.450. The minimum absolute atomic E-state index is 0.507. The maximum atomic E-state index is 11.8. The Morgan fingerprint density at radius 1 is 1.70 bits per heavy atom. The molecule has 1 aromatic rings. The van der Waals surface area contributed by atoms with Gasteiger partial charge in [0.25, 0.3) is 0 Å². The third-order valence-electron chi connectivity index (χ3n) is 1.00. The van der Waals surface area contributed by atoms with Crippen molar-refractivity contribution >= 4 is 15.9 Å². The van der Waals surface area contributed by atoms with Crippen molar-refractivity contribution in [3.05, 3.63) is 18.0 Å². The summed E-state index contributed by atoms with van der Waals surface area (Å²) in [5, 5.41) is 4.05. The SMILES string of the molecule is FC(F)n1ccc(CBr)n1. The predicted molar refractivity (Wildman–Crippen MR) is 36.1 cm³/mol.